The van der Waals surface area contributed by atoms with E-state index in [-0.39, 0.29) is 5.41 Å². The first-order chi connectivity index (χ1) is 9.95. The molecule has 0 aliphatic carbocycles. The van der Waals surface area contributed by atoms with E-state index in [0.29, 0.717) is 6.04 Å². The Hall–Kier alpha value is -1.02. The van der Waals surface area contributed by atoms with Gasteiger partial charge in [-0.2, -0.15) is 0 Å². The molecule has 1 aliphatic heterocycles. The van der Waals surface area contributed by atoms with Crippen molar-refractivity contribution in [3.63, 3.8) is 0 Å². The van der Waals surface area contributed by atoms with Gasteiger partial charge in [-0.15, -0.1) is 0 Å². The molecule has 2 nitrogen and oxygen atoms in total. The molecule has 0 saturated carbocycles. The number of rotatable bonds is 5. The summed E-state index contributed by atoms with van der Waals surface area (Å²) in [6, 6.07) is 7.35. The minimum absolute atomic E-state index is 0.198. The summed E-state index contributed by atoms with van der Waals surface area (Å²) in [6.45, 7) is 13.1. The topological polar surface area (TPSA) is 12.5 Å². The van der Waals surface area contributed by atoms with Crippen LogP contribution in [-0.2, 0) is 12.0 Å². The van der Waals surface area contributed by atoms with Crippen molar-refractivity contribution in [2.24, 2.45) is 0 Å². The van der Waals surface area contributed by atoms with E-state index in [1.165, 1.54) is 36.8 Å². The first-order valence-electron chi connectivity index (χ1n) is 8.46. The summed E-state index contributed by atoms with van der Waals surface area (Å²) in [5.74, 6) is 1.07. The Kier molecular flexibility index (Phi) is 5.32. The molecule has 0 saturated heterocycles. The Morgan fingerprint density at radius 3 is 2.62 bits per heavy atom. The summed E-state index contributed by atoms with van der Waals surface area (Å²) in [5, 5.41) is 0. The molecular weight excluding hydrogens is 258 g/mol. The summed E-state index contributed by atoms with van der Waals surface area (Å²) in [4.78, 5) is 2.50. The maximum absolute atomic E-state index is 5.99. The standard InChI is InChI=1S/C19H31NO/c1-6-8-9-17(7-2)20-13-15-12-16(19(3,4)5)10-11-18(15)21-14-20/h10-12,17H,6-9,13-14H2,1-5H3. The lowest BCUT2D eigenvalue weighted by Crippen LogP contribution is -2.40. The van der Waals surface area contributed by atoms with Crippen molar-refractivity contribution in [1.29, 1.82) is 0 Å². The van der Waals surface area contributed by atoms with Crippen LogP contribution in [0.4, 0.5) is 0 Å². The van der Waals surface area contributed by atoms with Crippen molar-refractivity contribution in [2.75, 3.05) is 6.73 Å². The monoisotopic (exact) mass is 289 g/mol. The van der Waals surface area contributed by atoms with E-state index in [9.17, 15) is 0 Å². The maximum Gasteiger partial charge on any atom is 0.142 e. The normalized spacial score (nSPS) is 17.2. The second-order valence-corrected chi connectivity index (χ2v) is 7.30. The largest absolute Gasteiger partial charge is 0.478 e. The van der Waals surface area contributed by atoms with Gasteiger partial charge in [0.25, 0.3) is 0 Å². The van der Waals surface area contributed by atoms with Crippen molar-refractivity contribution >= 4 is 0 Å². The maximum atomic E-state index is 5.99. The van der Waals surface area contributed by atoms with Crippen molar-refractivity contribution in [3.8, 4) is 5.75 Å². The average molecular weight is 289 g/mol. The van der Waals surface area contributed by atoms with E-state index in [4.69, 9.17) is 4.74 Å². The minimum atomic E-state index is 0.198. The Labute approximate surface area is 130 Å². The van der Waals surface area contributed by atoms with Crippen LogP contribution >= 0.6 is 0 Å². The van der Waals surface area contributed by atoms with Gasteiger partial charge in [0.2, 0.25) is 0 Å². The SMILES string of the molecule is CCCCC(CC)N1COc2ccc(C(C)(C)C)cc2C1. The van der Waals surface area contributed by atoms with Gasteiger partial charge in [-0.3, -0.25) is 4.90 Å². The van der Waals surface area contributed by atoms with Crippen molar-refractivity contribution < 1.29 is 4.74 Å². The molecule has 2 rings (SSSR count). The molecule has 2 heteroatoms. The van der Waals surface area contributed by atoms with Crippen molar-refractivity contribution in [2.45, 2.75) is 78.3 Å². The molecule has 1 atom stereocenters. The molecule has 1 heterocycles. The average Bonchev–Trinajstić information content (AvgIpc) is 2.46. The van der Waals surface area contributed by atoms with Gasteiger partial charge in [-0.25, -0.2) is 0 Å². The van der Waals surface area contributed by atoms with E-state index in [1.54, 1.807) is 0 Å². The molecule has 1 aromatic carbocycles. The summed E-state index contributed by atoms with van der Waals surface area (Å²) < 4.78 is 5.99. The molecule has 0 aromatic heterocycles. The highest BCUT2D eigenvalue weighted by Gasteiger charge is 2.24. The lowest BCUT2D eigenvalue weighted by Gasteiger charge is -2.35. The van der Waals surface area contributed by atoms with E-state index in [0.717, 1.165) is 19.0 Å². The van der Waals surface area contributed by atoms with E-state index in [1.807, 2.05) is 0 Å². The zero-order valence-electron chi connectivity index (χ0n) is 14.4. The van der Waals surface area contributed by atoms with Crippen LogP contribution in [0.1, 0.15) is 71.4 Å². The van der Waals surface area contributed by atoms with E-state index >= 15 is 0 Å². The predicted molar refractivity (Wildman–Crippen MR) is 89.8 cm³/mol. The minimum Gasteiger partial charge on any atom is -0.478 e. The smallest absolute Gasteiger partial charge is 0.142 e. The number of benzene rings is 1. The summed E-state index contributed by atoms with van der Waals surface area (Å²) in [6.07, 6.45) is 5.07. The molecule has 21 heavy (non-hydrogen) atoms. The third-order valence-electron chi connectivity index (χ3n) is 4.56. The fourth-order valence-corrected chi connectivity index (χ4v) is 3.05. The zero-order chi connectivity index (χ0) is 15.5. The molecule has 118 valence electrons. The molecule has 0 amide bonds. The van der Waals surface area contributed by atoms with Crippen LogP contribution < -0.4 is 4.74 Å². The number of ether oxygens (including phenoxy) is 1. The van der Waals surface area contributed by atoms with Crippen LogP contribution in [0, 0.1) is 0 Å². The molecule has 1 aliphatic rings. The van der Waals surface area contributed by atoms with Gasteiger partial charge in [-0.1, -0.05) is 59.6 Å². The number of fused-ring (bicyclic) bond motifs is 1. The summed E-state index contributed by atoms with van der Waals surface area (Å²) in [5.41, 5.74) is 2.95. The molecule has 1 unspecified atom stereocenters. The summed E-state index contributed by atoms with van der Waals surface area (Å²) in [7, 11) is 0. The van der Waals surface area contributed by atoms with Gasteiger partial charge < -0.3 is 4.74 Å². The van der Waals surface area contributed by atoms with Gasteiger partial charge in [0.1, 0.15) is 12.5 Å². The van der Waals surface area contributed by atoms with Crippen LogP contribution in [0.25, 0.3) is 0 Å². The molecule has 0 N–H and O–H groups in total. The van der Waals surface area contributed by atoms with E-state index in [2.05, 4.69) is 57.7 Å². The lowest BCUT2D eigenvalue weighted by atomic mass is 9.86. The third-order valence-corrected chi connectivity index (χ3v) is 4.56. The summed E-state index contributed by atoms with van der Waals surface area (Å²) >= 11 is 0. The number of hydrogen-bond donors (Lipinski definition) is 0. The molecule has 0 fully saturated rings. The molecular formula is C19H31NO. The van der Waals surface area contributed by atoms with Crippen LogP contribution in [0.2, 0.25) is 0 Å². The number of nitrogens with zero attached hydrogens (tertiary/aromatic N) is 1. The van der Waals surface area contributed by atoms with Crippen molar-refractivity contribution in [1.82, 2.24) is 4.90 Å². The highest BCUT2D eigenvalue weighted by Crippen LogP contribution is 2.32. The quantitative estimate of drug-likeness (QED) is 0.747. The second kappa shape index (κ2) is 6.83. The van der Waals surface area contributed by atoms with Crippen LogP contribution in [0.15, 0.2) is 18.2 Å². The van der Waals surface area contributed by atoms with Gasteiger partial charge in [-0.05, 0) is 29.9 Å². The highest BCUT2D eigenvalue weighted by atomic mass is 16.5. The molecule has 0 bridgehead atoms. The number of unbranched alkanes of at least 4 members (excludes halogenated alkanes) is 1. The van der Waals surface area contributed by atoms with Gasteiger partial charge in [0.15, 0.2) is 0 Å². The van der Waals surface area contributed by atoms with Gasteiger partial charge in [0, 0.05) is 18.2 Å². The van der Waals surface area contributed by atoms with Crippen molar-refractivity contribution in [3.05, 3.63) is 29.3 Å². The molecule has 0 radical (unpaired) electrons. The Bertz CT molecular complexity index is 461. The first kappa shape index (κ1) is 16.4. The predicted octanol–water partition coefficient (Wildman–Crippen LogP) is 5.10. The van der Waals surface area contributed by atoms with Crippen LogP contribution in [-0.4, -0.2) is 17.7 Å². The van der Waals surface area contributed by atoms with Crippen LogP contribution in [0.3, 0.4) is 0 Å². The fraction of sp³-hybridized carbons (Fsp3) is 0.684. The zero-order valence-corrected chi connectivity index (χ0v) is 14.4. The number of hydrogen-bond acceptors (Lipinski definition) is 2. The highest BCUT2D eigenvalue weighted by molar-refractivity contribution is 5.40. The van der Waals surface area contributed by atoms with E-state index < -0.39 is 0 Å². The lowest BCUT2D eigenvalue weighted by molar-refractivity contribution is 0.0493. The first-order valence-corrected chi connectivity index (χ1v) is 8.46. The Morgan fingerprint density at radius 2 is 2.00 bits per heavy atom. The molecule has 0 spiro atoms. The molecule has 1 aromatic rings. The van der Waals surface area contributed by atoms with Gasteiger partial charge in [0.05, 0.1) is 0 Å². The van der Waals surface area contributed by atoms with Crippen LogP contribution in [0.5, 0.6) is 5.75 Å². The Balaban J connectivity index is 2.14. The fourth-order valence-electron chi connectivity index (χ4n) is 3.05. The Morgan fingerprint density at radius 1 is 1.24 bits per heavy atom. The third kappa shape index (κ3) is 4.00. The van der Waals surface area contributed by atoms with Gasteiger partial charge >= 0.3 is 0 Å². The second-order valence-electron chi connectivity index (χ2n) is 7.30.